The molecule has 1 aromatic heterocycles. The molecule has 24 heavy (non-hydrogen) atoms. The second kappa shape index (κ2) is 6.41. The highest BCUT2D eigenvalue weighted by Gasteiger charge is 2.24. The number of carbonyl (C=O) groups excluding carboxylic acids is 1. The number of rotatable bonds is 3. The lowest BCUT2D eigenvalue weighted by Crippen LogP contribution is -2.40. The molecule has 0 saturated carbocycles. The van der Waals surface area contributed by atoms with Gasteiger partial charge in [-0.1, -0.05) is 17.8 Å². The number of piperidine rings is 1. The molecule has 0 aliphatic carbocycles. The molecule has 3 heterocycles. The fraction of sp³-hybridized carbons (Fsp3) is 0.353. The zero-order valence-electron chi connectivity index (χ0n) is 13.2. The molecule has 1 atom stereocenters. The number of benzene rings is 1. The SMILES string of the molecule is NC(=O)C1CCCN(Cc2ccc3c(c2)Nc2nccnc2S3)C1. The molecular formula is C17H19N5OS. The molecule has 6 nitrogen and oxygen atoms in total. The van der Waals surface area contributed by atoms with Crippen molar-refractivity contribution in [3.05, 3.63) is 36.2 Å². The van der Waals surface area contributed by atoms with E-state index in [1.54, 1.807) is 24.2 Å². The Hall–Kier alpha value is -2.12. The van der Waals surface area contributed by atoms with Crippen molar-refractivity contribution in [2.75, 3.05) is 18.4 Å². The van der Waals surface area contributed by atoms with Crippen LogP contribution < -0.4 is 11.1 Å². The molecule has 0 spiro atoms. The van der Waals surface area contributed by atoms with Crippen molar-refractivity contribution in [3.8, 4) is 0 Å². The molecule has 1 unspecified atom stereocenters. The molecule has 2 aliphatic rings. The molecule has 1 fully saturated rings. The Kier molecular flexibility index (Phi) is 4.12. The van der Waals surface area contributed by atoms with E-state index >= 15 is 0 Å². The molecule has 0 radical (unpaired) electrons. The number of hydrogen-bond donors (Lipinski definition) is 2. The first-order valence-electron chi connectivity index (χ1n) is 8.09. The summed E-state index contributed by atoms with van der Waals surface area (Å²) < 4.78 is 0. The summed E-state index contributed by atoms with van der Waals surface area (Å²) in [6, 6.07) is 6.42. The van der Waals surface area contributed by atoms with Crippen LogP contribution in [-0.4, -0.2) is 33.9 Å². The van der Waals surface area contributed by atoms with Crippen LogP contribution in [0.2, 0.25) is 0 Å². The van der Waals surface area contributed by atoms with Crippen LogP contribution in [0.1, 0.15) is 18.4 Å². The third-order valence-corrected chi connectivity index (χ3v) is 5.55. The van der Waals surface area contributed by atoms with Gasteiger partial charge in [0.15, 0.2) is 5.82 Å². The predicted molar refractivity (Wildman–Crippen MR) is 93.1 cm³/mol. The summed E-state index contributed by atoms with van der Waals surface area (Å²) in [5, 5.41) is 4.26. The fourth-order valence-electron chi connectivity index (χ4n) is 3.27. The van der Waals surface area contributed by atoms with E-state index in [-0.39, 0.29) is 11.8 Å². The van der Waals surface area contributed by atoms with E-state index in [0.717, 1.165) is 53.9 Å². The first kappa shape index (κ1) is 15.4. The standard InChI is InChI=1S/C17H19N5OS/c18-15(23)12-2-1-7-22(10-12)9-11-3-4-14-13(8-11)21-16-17(24-14)20-6-5-19-16/h3-6,8,12H,1-2,7,9-10H2,(H2,18,23)(H,19,21). The first-order chi connectivity index (χ1) is 11.7. The molecule has 4 rings (SSSR count). The van der Waals surface area contributed by atoms with Gasteiger partial charge in [-0.3, -0.25) is 9.69 Å². The van der Waals surface area contributed by atoms with E-state index in [0.29, 0.717) is 0 Å². The average molecular weight is 341 g/mol. The zero-order valence-corrected chi connectivity index (χ0v) is 14.1. The van der Waals surface area contributed by atoms with Gasteiger partial charge in [0.2, 0.25) is 5.91 Å². The van der Waals surface area contributed by atoms with Gasteiger partial charge in [0.25, 0.3) is 0 Å². The van der Waals surface area contributed by atoms with E-state index in [4.69, 9.17) is 5.73 Å². The summed E-state index contributed by atoms with van der Waals surface area (Å²) in [4.78, 5) is 23.6. The van der Waals surface area contributed by atoms with Crippen molar-refractivity contribution in [2.24, 2.45) is 11.7 Å². The van der Waals surface area contributed by atoms with Crippen molar-refractivity contribution < 1.29 is 4.79 Å². The van der Waals surface area contributed by atoms with Crippen molar-refractivity contribution in [1.29, 1.82) is 0 Å². The molecule has 124 valence electrons. The Balaban J connectivity index is 1.49. The van der Waals surface area contributed by atoms with Crippen molar-refractivity contribution >= 4 is 29.2 Å². The number of carbonyl (C=O) groups is 1. The van der Waals surface area contributed by atoms with Gasteiger partial charge in [-0.15, -0.1) is 0 Å². The monoisotopic (exact) mass is 341 g/mol. The lowest BCUT2D eigenvalue weighted by Gasteiger charge is -2.31. The normalized spacial score (nSPS) is 19.9. The minimum absolute atomic E-state index is 0.0211. The van der Waals surface area contributed by atoms with Crippen LogP contribution in [0, 0.1) is 5.92 Å². The second-order valence-electron chi connectivity index (χ2n) is 6.24. The summed E-state index contributed by atoms with van der Waals surface area (Å²) in [6.07, 6.45) is 5.33. The van der Waals surface area contributed by atoms with Crippen molar-refractivity contribution in [3.63, 3.8) is 0 Å². The molecule has 3 N–H and O–H groups in total. The second-order valence-corrected chi connectivity index (χ2v) is 7.27. The third-order valence-electron chi connectivity index (χ3n) is 4.48. The van der Waals surface area contributed by atoms with Crippen LogP contribution in [0.25, 0.3) is 0 Å². The number of likely N-dealkylation sites (tertiary alicyclic amines) is 1. The van der Waals surface area contributed by atoms with Gasteiger partial charge in [-0.25, -0.2) is 9.97 Å². The van der Waals surface area contributed by atoms with Gasteiger partial charge in [-0.2, -0.15) is 0 Å². The number of nitrogens with two attached hydrogens (primary N) is 1. The smallest absolute Gasteiger partial charge is 0.221 e. The van der Waals surface area contributed by atoms with E-state index in [1.807, 2.05) is 0 Å². The Morgan fingerprint density at radius 2 is 2.25 bits per heavy atom. The molecule has 2 aliphatic heterocycles. The van der Waals surface area contributed by atoms with Gasteiger partial charge in [0.1, 0.15) is 5.03 Å². The van der Waals surface area contributed by atoms with E-state index in [2.05, 4.69) is 38.4 Å². The van der Waals surface area contributed by atoms with E-state index in [9.17, 15) is 4.79 Å². The Bertz CT molecular complexity index is 781. The summed E-state index contributed by atoms with van der Waals surface area (Å²) in [6.45, 7) is 2.59. The number of amides is 1. The third kappa shape index (κ3) is 3.09. The van der Waals surface area contributed by atoms with Gasteiger partial charge < -0.3 is 11.1 Å². The number of primary amides is 1. The number of aromatic nitrogens is 2. The molecular weight excluding hydrogens is 322 g/mol. The number of hydrogen-bond acceptors (Lipinski definition) is 6. The quantitative estimate of drug-likeness (QED) is 0.761. The van der Waals surface area contributed by atoms with Crippen LogP contribution in [0.3, 0.4) is 0 Å². The van der Waals surface area contributed by atoms with Crippen LogP contribution >= 0.6 is 11.8 Å². The topological polar surface area (TPSA) is 84.1 Å². The van der Waals surface area contributed by atoms with Crippen LogP contribution in [0.15, 0.2) is 40.5 Å². The zero-order chi connectivity index (χ0) is 16.5. The lowest BCUT2D eigenvalue weighted by atomic mass is 9.97. The number of fused-ring (bicyclic) bond motifs is 2. The highest BCUT2D eigenvalue weighted by molar-refractivity contribution is 7.99. The summed E-state index contributed by atoms with van der Waals surface area (Å²) in [5.41, 5.74) is 7.75. The molecule has 1 amide bonds. The van der Waals surface area contributed by atoms with Crippen LogP contribution in [0.4, 0.5) is 11.5 Å². The minimum atomic E-state index is -0.182. The Labute approximate surface area is 144 Å². The fourth-order valence-corrected chi connectivity index (χ4v) is 4.15. The number of nitrogens with one attached hydrogen (secondary N) is 1. The minimum Gasteiger partial charge on any atom is -0.369 e. The largest absolute Gasteiger partial charge is 0.369 e. The average Bonchev–Trinajstić information content (AvgIpc) is 2.60. The summed E-state index contributed by atoms with van der Waals surface area (Å²) in [5.74, 6) is 0.601. The van der Waals surface area contributed by atoms with E-state index < -0.39 is 0 Å². The lowest BCUT2D eigenvalue weighted by molar-refractivity contribution is -0.123. The van der Waals surface area contributed by atoms with Crippen LogP contribution in [-0.2, 0) is 11.3 Å². The van der Waals surface area contributed by atoms with Gasteiger partial charge in [0, 0.05) is 30.4 Å². The van der Waals surface area contributed by atoms with Gasteiger partial charge in [0.05, 0.1) is 11.6 Å². The van der Waals surface area contributed by atoms with Crippen LogP contribution in [0.5, 0.6) is 0 Å². The molecule has 0 bridgehead atoms. The van der Waals surface area contributed by atoms with Gasteiger partial charge >= 0.3 is 0 Å². The highest BCUT2D eigenvalue weighted by atomic mass is 32.2. The molecule has 1 aromatic carbocycles. The van der Waals surface area contributed by atoms with Gasteiger partial charge in [-0.05, 0) is 37.1 Å². The maximum absolute atomic E-state index is 11.4. The first-order valence-corrected chi connectivity index (χ1v) is 8.91. The highest BCUT2D eigenvalue weighted by Crippen LogP contribution is 2.42. The number of anilines is 2. The van der Waals surface area contributed by atoms with E-state index in [1.165, 1.54) is 5.56 Å². The van der Waals surface area contributed by atoms with Crippen molar-refractivity contribution in [1.82, 2.24) is 14.9 Å². The summed E-state index contributed by atoms with van der Waals surface area (Å²) in [7, 11) is 0. The number of nitrogens with zero attached hydrogens (tertiary/aromatic N) is 3. The molecule has 1 saturated heterocycles. The Morgan fingerprint density at radius 1 is 1.38 bits per heavy atom. The van der Waals surface area contributed by atoms with Crippen molar-refractivity contribution in [2.45, 2.75) is 29.3 Å². The molecule has 7 heteroatoms. The maximum atomic E-state index is 11.4. The summed E-state index contributed by atoms with van der Waals surface area (Å²) >= 11 is 1.63. The molecule has 2 aromatic rings. The Morgan fingerprint density at radius 3 is 3.12 bits per heavy atom. The maximum Gasteiger partial charge on any atom is 0.221 e. The predicted octanol–water partition coefficient (Wildman–Crippen LogP) is 2.38.